The highest BCUT2D eigenvalue weighted by Crippen LogP contribution is 2.28. The number of hydrogen-bond acceptors (Lipinski definition) is 2. The van der Waals surface area contributed by atoms with Crippen molar-refractivity contribution in [3.63, 3.8) is 0 Å². The van der Waals surface area contributed by atoms with Gasteiger partial charge >= 0.3 is 0 Å². The SMILES string of the molecule is Nc1c(-c2cccc(I)c2)nc2ccc(Br)cn12. The van der Waals surface area contributed by atoms with Gasteiger partial charge in [-0.1, -0.05) is 12.1 Å². The fraction of sp³-hybridized carbons (Fsp3) is 0. The number of nitrogen functional groups attached to an aromatic ring is 1. The summed E-state index contributed by atoms with van der Waals surface area (Å²) in [7, 11) is 0. The minimum absolute atomic E-state index is 0.660. The van der Waals surface area contributed by atoms with Crippen molar-refractivity contribution >= 4 is 50.0 Å². The van der Waals surface area contributed by atoms with Crippen LogP contribution in [-0.4, -0.2) is 9.38 Å². The summed E-state index contributed by atoms with van der Waals surface area (Å²) < 4.78 is 4.04. The maximum atomic E-state index is 6.17. The van der Waals surface area contributed by atoms with Gasteiger partial charge in [0.1, 0.15) is 17.2 Å². The monoisotopic (exact) mass is 413 g/mol. The molecule has 0 spiro atoms. The van der Waals surface area contributed by atoms with Crippen LogP contribution in [0.25, 0.3) is 16.9 Å². The van der Waals surface area contributed by atoms with Crippen LogP contribution in [0.15, 0.2) is 47.1 Å². The third-order valence-corrected chi connectivity index (χ3v) is 3.86. The number of imidazole rings is 1. The van der Waals surface area contributed by atoms with Crippen molar-refractivity contribution in [1.82, 2.24) is 9.38 Å². The normalized spacial score (nSPS) is 11.0. The molecule has 0 aliphatic heterocycles. The van der Waals surface area contributed by atoms with Crippen molar-refractivity contribution in [3.8, 4) is 11.3 Å². The number of nitrogens with two attached hydrogens (primary N) is 1. The second-order valence-electron chi connectivity index (χ2n) is 3.93. The van der Waals surface area contributed by atoms with Gasteiger partial charge in [0.25, 0.3) is 0 Å². The van der Waals surface area contributed by atoms with Gasteiger partial charge < -0.3 is 5.73 Å². The highest BCUT2D eigenvalue weighted by atomic mass is 127. The summed E-state index contributed by atoms with van der Waals surface area (Å²) in [5.41, 5.74) is 8.89. The minimum Gasteiger partial charge on any atom is -0.383 e. The third-order valence-electron chi connectivity index (χ3n) is 2.72. The van der Waals surface area contributed by atoms with Crippen LogP contribution in [0.4, 0.5) is 5.82 Å². The van der Waals surface area contributed by atoms with Crippen molar-refractivity contribution < 1.29 is 0 Å². The molecule has 3 nitrogen and oxygen atoms in total. The smallest absolute Gasteiger partial charge is 0.139 e. The van der Waals surface area contributed by atoms with Gasteiger partial charge in [0.2, 0.25) is 0 Å². The highest BCUT2D eigenvalue weighted by molar-refractivity contribution is 14.1. The second kappa shape index (κ2) is 4.55. The van der Waals surface area contributed by atoms with Gasteiger partial charge in [0.15, 0.2) is 0 Å². The zero-order chi connectivity index (χ0) is 12.7. The van der Waals surface area contributed by atoms with Gasteiger partial charge in [0, 0.05) is 19.8 Å². The van der Waals surface area contributed by atoms with Crippen LogP contribution < -0.4 is 5.73 Å². The largest absolute Gasteiger partial charge is 0.383 e. The molecule has 0 saturated heterocycles. The van der Waals surface area contributed by atoms with Gasteiger partial charge in [-0.15, -0.1) is 0 Å². The predicted octanol–water partition coefficient (Wildman–Crippen LogP) is 3.95. The summed E-state index contributed by atoms with van der Waals surface area (Å²) in [6.07, 6.45) is 1.93. The highest BCUT2D eigenvalue weighted by Gasteiger charge is 2.11. The lowest BCUT2D eigenvalue weighted by Crippen LogP contribution is -1.94. The summed E-state index contributed by atoms with van der Waals surface area (Å²) in [4.78, 5) is 4.58. The Bertz CT molecular complexity index is 736. The number of rotatable bonds is 1. The zero-order valence-corrected chi connectivity index (χ0v) is 13.0. The minimum atomic E-state index is 0.660. The van der Waals surface area contributed by atoms with Crippen molar-refractivity contribution in [2.24, 2.45) is 0 Å². The quantitative estimate of drug-likeness (QED) is 0.614. The fourth-order valence-corrected chi connectivity index (χ4v) is 2.77. The molecular weight excluding hydrogens is 405 g/mol. The Morgan fingerprint density at radius 2 is 2.06 bits per heavy atom. The molecule has 0 radical (unpaired) electrons. The van der Waals surface area contributed by atoms with Gasteiger partial charge in [-0.25, -0.2) is 4.98 Å². The summed E-state index contributed by atoms with van der Waals surface area (Å²) in [5, 5.41) is 0. The molecule has 18 heavy (non-hydrogen) atoms. The molecule has 2 heterocycles. The average Bonchev–Trinajstić information content (AvgIpc) is 2.67. The van der Waals surface area contributed by atoms with Crippen molar-refractivity contribution in [3.05, 3.63) is 50.6 Å². The lowest BCUT2D eigenvalue weighted by Gasteiger charge is -2.00. The standard InChI is InChI=1S/C13H9BrIN3/c14-9-4-5-11-17-12(13(16)18(11)7-9)8-2-1-3-10(15)6-8/h1-7H,16H2. The molecule has 5 heteroatoms. The van der Waals surface area contributed by atoms with Crippen LogP contribution in [0.1, 0.15) is 0 Å². The van der Waals surface area contributed by atoms with Crippen LogP contribution in [0.2, 0.25) is 0 Å². The average molecular weight is 414 g/mol. The van der Waals surface area contributed by atoms with Gasteiger partial charge in [0.05, 0.1) is 0 Å². The Kier molecular flexibility index (Phi) is 3.03. The fourth-order valence-electron chi connectivity index (χ4n) is 1.89. The molecule has 2 aromatic heterocycles. The number of halogens is 2. The second-order valence-corrected chi connectivity index (χ2v) is 6.09. The number of aromatic nitrogens is 2. The molecule has 90 valence electrons. The van der Waals surface area contributed by atoms with Crippen LogP contribution in [0.3, 0.4) is 0 Å². The van der Waals surface area contributed by atoms with Gasteiger partial charge in [-0.05, 0) is 62.8 Å². The maximum absolute atomic E-state index is 6.17. The maximum Gasteiger partial charge on any atom is 0.139 e. The molecule has 0 aliphatic rings. The van der Waals surface area contributed by atoms with Gasteiger partial charge in [-0.2, -0.15) is 0 Å². The van der Waals surface area contributed by atoms with Crippen LogP contribution in [0.5, 0.6) is 0 Å². The molecule has 3 rings (SSSR count). The Morgan fingerprint density at radius 1 is 1.22 bits per heavy atom. The number of benzene rings is 1. The van der Waals surface area contributed by atoms with Crippen molar-refractivity contribution in [2.75, 3.05) is 5.73 Å². The summed E-state index contributed by atoms with van der Waals surface area (Å²) in [6.45, 7) is 0. The molecule has 0 bridgehead atoms. The van der Waals surface area contributed by atoms with E-state index < -0.39 is 0 Å². The van der Waals surface area contributed by atoms with E-state index in [0.717, 1.165) is 21.4 Å². The lowest BCUT2D eigenvalue weighted by molar-refractivity contribution is 1.18. The van der Waals surface area contributed by atoms with Crippen LogP contribution >= 0.6 is 38.5 Å². The van der Waals surface area contributed by atoms with E-state index in [1.807, 2.05) is 40.9 Å². The number of pyridine rings is 1. The first kappa shape index (κ1) is 12.0. The topological polar surface area (TPSA) is 43.3 Å². The number of anilines is 1. The van der Waals surface area contributed by atoms with E-state index in [-0.39, 0.29) is 0 Å². The first-order valence-corrected chi connectivity index (χ1v) is 7.21. The van der Waals surface area contributed by atoms with Crippen molar-refractivity contribution in [2.45, 2.75) is 0 Å². The van der Waals surface area contributed by atoms with E-state index in [9.17, 15) is 0 Å². The Labute approximate surface area is 126 Å². The van der Waals surface area contributed by atoms with Crippen molar-refractivity contribution in [1.29, 1.82) is 0 Å². The number of fused-ring (bicyclic) bond motifs is 1. The van der Waals surface area contributed by atoms with Crippen LogP contribution in [-0.2, 0) is 0 Å². The summed E-state index contributed by atoms with van der Waals surface area (Å²) >= 11 is 5.72. The lowest BCUT2D eigenvalue weighted by atomic mass is 10.1. The molecular formula is C13H9BrIN3. The van der Waals surface area contributed by atoms with E-state index in [4.69, 9.17) is 5.73 Å². The van der Waals surface area contributed by atoms with E-state index in [2.05, 4.69) is 49.6 Å². The Balaban J connectivity index is 2.27. The zero-order valence-electron chi connectivity index (χ0n) is 9.27. The number of hydrogen-bond donors (Lipinski definition) is 1. The molecule has 0 amide bonds. The molecule has 0 saturated carbocycles. The molecule has 0 unspecified atom stereocenters. The van der Waals surface area contributed by atoms with E-state index in [0.29, 0.717) is 5.82 Å². The van der Waals surface area contributed by atoms with E-state index in [1.165, 1.54) is 3.57 Å². The molecule has 2 N–H and O–H groups in total. The Morgan fingerprint density at radius 3 is 2.83 bits per heavy atom. The van der Waals surface area contributed by atoms with E-state index >= 15 is 0 Å². The molecule has 0 fully saturated rings. The summed E-state index contributed by atoms with van der Waals surface area (Å²) in [5.74, 6) is 0.660. The molecule has 0 atom stereocenters. The first-order chi connectivity index (χ1) is 8.65. The molecule has 0 aliphatic carbocycles. The first-order valence-electron chi connectivity index (χ1n) is 5.34. The third kappa shape index (κ3) is 2.01. The molecule has 1 aromatic carbocycles. The van der Waals surface area contributed by atoms with E-state index in [1.54, 1.807) is 0 Å². The molecule has 3 aromatic rings. The number of nitrogens with zero attached hydrogens (tertiary/aromatic N) is 2. The van der Waals surface area contributed by atoms with Gasteiger partial charge in [-0.3, -0.25) is 4.40 Å². The Hall–Kier alpha value is -1.08. The summed E-state index contributed by atoms with van der Waals surface area (Å²) in [6, 6.07) is 12.1. The predicted molar refractivity (Wildman–Crippen MR) is 85.5 cm³/mol. The van der Waals surface area contributed by atoms with Crippen LogP contribution in [0, 0.1) is 3.57 Å².